The Bertz CT molecular complexity index is 542. The molecule has 2 aliphatic heterocycles. The van der Waals surface area contributed by atoms with Crippen molar-refractivity contribution in [1.82, 2.24) is 14.8 Å². The molecule has 6 heteroatoms. The number of thiazole rings is 1. The average molecular weight is 293 g/mol. The number of hydrogen-bond acceptors (Lipinski definition) is 4. The van der Waals surface area contributed by atoms with Crippen LogP contribution in [0, 0.1) is 6.92 Å². The Morgan fingerprint density at radius 3 is 2.85 bits per heavy atom. The molecule has 2 amide bonds. The lowest BCUT2D eigenvalue weighted by Gasteiger charge is -2.41. The van der Waals surface area contributed by atoms with E-state index in [9.17, 15) is 9.59 Å². The summed E-state index contributed by atoms with van der Waals surface area (Å²) >= 11 is 1.59. The third-order valence-electron chi connectivity index (χ3n) is 4.13. The highest BCUT2D eigenvalue weighted by molar-refractivity contribution is 7.11. The van der Waals surface area contributed by atoms with Gasteiger partial charge in [0.1, 0.15) is 17.1 Å². The molecule has 0 spiro atoms. The summed E-state index contributed by atoms with van der Waals surface area (Å²) < 4.78 is 0. The highest BCUT2D eigenvalue weighted by atomic mass is 32.1. The molecule has 2 atom stereocenters. The molecular formula is C14H19N3O2S. The number of aromatic nitrogens is 1. The summed E-state index contributed by atoms with van der Waals surface area (Å²) in [5.74, 6) is 0.213. The molecule has 0 bridgehead atoms. The fourth-order valence-electron chi connectivity index (χ4n) is 3.16. The van der Waals surface area contributed by atoms with E-state index in [1.807, 2.05) is 20.0 Å². The van der Waals surface area contributed by atoms with E-state index in [1.54, 1.807) is 21.1 Å². The molecule has 2 aliphatic rings. The Kier molecular flexibility index (Phi) is 3.50. The van der Waals surface area contributed by atoms with Crippen LogP contribution in [-0.4, -0.2) is 45.2 Å². The summed E-state index contributed by atoms with van der Waals surface area (Å²) in [7, 11) is 0. The van der Waals surface area contributed by atoms with Gasteiger partial charge >= 0.3 is 0 Å². The lowest BCUT2D eigenvalue weighted by atomic mass is 10.0. The zero-order valence-corrected chi connectivity index (χ0v) is 12.7. The van der Waals surface area contributed by atoms with Crippen LogP contribution in [0.2, 0.25) is 0 Å². The molecule has 3 heterocycles. The van der Waals surface area contributed by atoms with Gasteiger partial charge in [0.25, 0.3) is 0 Å². The van der Waals surface area contributed by atoms with Gasteiger partial charge in [0.2, 0.25) is 11.8 Å². The monoisotopic (exact) mass is 293 g/mol. The van der Waals surface area contributed by atoms with Gasteiger partial charge in [0.05, 0.1) is 6.54 Å². The number of rotatable bonds is 3. The minimum Gasteiger partial charge on any atom is -0.329 e. The zero-order chi connectivity index (χ0) is 14.3. The third kappa shape index (κ3) is 2.12. The maximum atomic E-state index is 12.6. The van der Waals surface area contributed by atoms with E-state index in [0.29, 0.717) is 13.0 Å². The lowest BCUT2D eigenvalue weighted by Crippen LogP contribution is -2.62. The number of hydrogen-bond donors (Lipinski definition) is 0. The van der Waals surface area contributed by atoms with Crippen LogP contribution in [0.1, 0.15) is 36.1 Å². The first-order valence-corrected chi connectivity index (χ1v) is 7.95. The fourth-order valence-corrected chi connectivity index (χ4v) is 3.95. The van der Waals surface area contributed by atoms with Crippen molar-refractivity contribution in [2.75, 3.05) is 6.54 Å². The van der Waals surface area contributed by atoms with Crippen molar-refractivity contribution in [2.45, 2.75) is 51.7 Å². The van der Waals surface area contributed by atoms with E-state index in [2.05, 4.69) is 4.98 Å². The van der Waals surface area contributed by atoms with E-state index in [-0.39, 0.29) is 23.9 Å². The normalized spacial score (nSPS) is 26.3. The van der Waals surface area contributed by atoms with E-state index in [0.717, 1.165) is 29.3 Å². The van der Waals surface area contributed by atoms with E-state index >= 15 is 0 Å². The van der Waals surface area contributed by atoms with Crippen molar-refractivity contribution in [3.05, 3.63) is 16.1 Å². The Morgan fingerprint density at radius 1 is 1.40 bits per heavy atom. The first-order chi connectivity index (χ1) is 9.61. The summed E-state index contributed by atoms with van der Waals surface area (Å²) in [4.78, 5) is 34.1. The summed E-state index contributed by atoms with van der Waals surface area (Å²) in [6, 6.07) is -0.549. The highest BCUT2D eigenvalue weighted by Crippen LogP contribution is 2.29. The number of nitrogens with zero attached hydrogens (tertiary/aromatic N) is 3. The Balaban J connectivity index is 1.86. The molecule has 1 aromatic rings. The second kappa shape index (κ2) is 5.16. The van der Waals surface area contributed by atoms with Gasteiger partial charge in [0, 0.05) is 17.6 Å². The van der Waals surface area contributed by atoms with Crippen molar-refractivity contribution >= 4 is 23.2 Å². The number of carbonyl (C=O) groups is 2. The number of piperazine rings is 1. The molecule has 0 aliphatic carbocycles. The van der Waals surface area contributed by atoms with Crippen LogP contribution in [-0.2, 0) is 16.1 Å². The Morgan fingerprint density at radius 2 is 2.20 bits per heavy atom. The summed E-state index contributed by atoms with van der Waals surface area (Å²) in [5, 5.41) is 0.911. The summed E-state index contributed by atoms with van der Waals surface area (Å²) in [5.41, 5.74) is 0. The van der Waals surface area contributed by atoms with Gasteiger partial charge in [-0.05, 0) is 26.2 Å². The van der Waals surface area contributed by atoms with Crippen LogP contribution in [0.4, 0.5) is 0 Å². The van der Waals surface area contributed by atoms with Crippen molar-refractivity contribution in [1.29, 1.82) is 0 Å². The molecule has 0 aromatic carbocycles. The van der Waals surface area contributed by atoms with Gasteiger partial charge < -0.3 is 9.80 Å². The first kappa shape index (κ1) is 13.5. The predicted molar refractivity (Wildman–Crippen MR) is 76.2 cm³/mol. The summed E-state index contributed by atoms with van der Waals surface area (Å²) in [6.45, 7) is 5.16. The second-order valence-electron chi connectivity index (χ2n) is 5.44. The maximum absolute atomic E-state index is 12.6. The molecule has 5 nitrogen and oxygen atoms in total. The average Bonchev–Trinajstić information content (AvgIpc) is 3.05. The number of aryl methyl sites for hydroxylation is 1. The number of fused-ring (bicyclic) bond motifs is 1. The molecule has 0 saturated carbocycles. The molecule has 2 saturated heterocycles. The van der Waals surface area contributed by atoms with Crippen LogP contribution in [0.15, 0.2) is 6.20 Å². The molecule has 3 rings (SSSR count). The third-order valence-corrected chi connectivity index (χ3v) is 5.02. The van der Waals surface area contributed by atoms with E-state index < -0.39 is 0 Å². The molecule has 20 heavy (non-hydrogen) atoms. The lowest BCUT2D eigenvalue weighted by molar-refractivity contribution is -0.160. The summed E-state index contributed by atoms with van der Waals surface area (Å²) in [6.07, 6.45) is 4.22. The first-order valence-electron chi connectivity index (χ1n) is 7.14. The van der Waals surface area contributed by atoms with Gasteiger partial charge in [-0.25, -0.2) is 4.98 Å². The second-order valence-corrected chi connectivity index (χ2v) is 6.76. The Labute approximate surface area is 122 Å². The quantitative estimate of drug-likeness (QED) is 0.850. The van der Waals surface area contributed by atoms with Crippen LogP contribution in [0.5, 0.6) is 0 Å². The van der Waals surface area contributed by atoms with Gasteiger partial charge in [-0.15, -0.1) is 11.3 Å². The van der Waals surface area contributed by atoms with Gasteiger partial charge in [0.15, 0.2) is 0 Å². The minimum absolute atomic E-state index is 0.0989. The van der Waals surface area contributed by atoms with Crippen molar-refractivity contribution < 1.29 is 9.59 Å². The maximum Gasteiger partial charge on any atom is 0.246 e. The standard InChI is InChI=1S/C14H19N3O2S/c1-3-10-13(18)16-6-4-5-11(16)14(19)17(10)8-12-15-7-9(2)20-12/h7,10-11H,3-6,8H2,1-2H3. The van der Waals surface area contributed by atoms with Crippen LogP contribution < -0.4 is 0 Å². The SMILES string of the molecule is CCC1C(=O)N2CCCC2C(=O)N1Cc1ncc(C)s1. The van der Waals surface area contributed by atoms with Crippen molar-refractivity contribution in [2.24, 2.45) is 0 Å². The van der Waals surface area contributed by atoms with E-state index in [1.165, 1.54) is 0 Å². The topological polar surface area (TPSA) is 53.5 Å². The molecule has 2 unspecified atom stereocenters. The fraction of sp³-hybridized carbons (Fsp3) is 0.643. The van der Waals surface area contributed by atoms with Gasteiger partial charge in [-0.1, -0.05) is 6.92 Å². The molecule has 108 valence electrons. The zero-order valence-electron chi connectivity index (χ0n) is 11.8. The Hall–Kier alpha value is -1.43. The molecule has 2 fully saturated rings. The predicted octanol–water partition coefficient (Wildman–Crippen LogP) is 1.56. The molecule has 0 radical (unpaired) electrons. The van der Waals surface area contributed by atoms with Crippen LogP contribution in [0.25, 0.3) is 0 Å². The van der Waals surface area contributed by atoms with Crippen LogP contribution in [0.3, 0.4) is 0 Å². The molecule has 1 aromatic heterocycles. The molecular weight excluding hydrogens is 274 g/mol. The number of amides is 2. The van der Waals surface area contributed by atoms with Crippen molar-refractivity contribution in [3.8, 4) is 0 Å². The minimum atomic E-state index is -0.318. The van der Waals surface area contributed by atoms with Gasteiger partial charge in [-0.3, -0.25) is 9.59 Å². The highest BCUT2D eigenvalue weighted by Gasteiger charge is 2.47. The molecule has 0 N–H and O–H groups in total. The van der Waals surface area contributed by atoms with E-state index in [4.69, 9.17) is 0 Å². The van der Waals surface area contributed by atoms with Gasteiger partial charge in [-0.2, -0.15) is 0 Å². The van der Waals surface area contributed by atoms with Crippen molar-refractivity contribution in [3.63, 3.8) is 0 Å². The smallest absolute Gasteiger partial charge is 0.246 e. The largest absolute Gasteiger partial charge is 0.329 e. The van der Waals surface area contributed by atoms with Crippen LogP contribution >= 0.6 is 11.3 Å². The number of carbonyl (C=O) groups excluding carboxylic acids is 2.